The third kappa shape index (κ3) is 4.59. The molecule has 0 spiro atoms. The number of benzene rings is 2. The highest BCUT2D eigenvalue weighted by atomic mass is 16.3. The zero-order valence-electron chi connectivity index (χ0n) is 15.5. The first-order valence-corrected chi connectivity index (χ1v) is 9.16. The predicted molar refractivity (Wildman–Crippen MR) is 105 cm³/mol. The zero-order chi connectivity index (χ0) is 18.4. The van der Waals surface area contributed by atoms with E-state index in [1.54, 1.807) is 0 Å². The summed E-state index contributed by atoms with van der Waals surface area (Å²) in [6.07, 6.45) is 0. The summed E-state index contributed by atoms with van der Waals surface area (Å²) >= 11 is 0. The highest BCUT2D eigenvalue weighted by Crippen LogP contribution is 2.21. The number of aromatic amines is 1. The third-order valence-corrected chi connectivity index (χ3v) is 4.73. The van der Waals surface area contributed by atoms with Crippen molar-refractivity contribution in [3.8, 4) is 11.3 Å². The van der Waals surface area contributed by atoms with Crippen LogP contribution in [0.4, 0.5) is 0 Å². The standard InChI is InChI=1S/C22H27N3O/c1-17(2)22(16-26)25(14-18-9-5-3-6-10-18)15-20-13-21(24-23-20)19-11-7-4-8-12-19/h3-13,17,22,26H,14-16H2,1-2H3,(H,23,24). The topological polar surface area (TPSA) is 52.1 Å². The van der Waals surface area contributed by atoms with Crippen molar-refractivity contribution in [3.05, 3.63) is 78.0 Å². The Hall–Kier alpha value is -2.43. The second kappa shape index (κ2) is 8.79. The van der Waals surface area contributed by atoms with Gasteiger partial charge in [0.1, 0.15) is 0 Å². The number of hydrogen-bond donors (Lipinski definition) is 2. The molecular formula is C22H27N3O. The summed E-state index contributed by atoms with van der Waals surface area (Å²) in [6, 6.07) is 22.8. The van der Waals surface area contributed by atoms with Crippen molar-refractivity contribution in [2.24, 2.45) is 5.92 Å². The van der Waals surface area contributed by atoms with E-state index < -0.39 is 0 Å². The van der Waals surface area contributed by atoms with Crippen molar-refractivity contribution < 1.29 is 5.11 Å². The smallest absolute Gasteiger partial charge is 0.0924 e. The van der Waals surface area contributed by atoms with Crippen LogP contribution in [0.3, 0.4) is 0 Å². The van der Waals surface area contributed by atoms with Crippen molar-refractivity contribution in [3.63, 3.8) is 0 Å². The summed E-state index contributed by atoms with van der Waals surface area (Å²) in [5, 5.41) is 17.6. The molecule has 4 heteroatoms. The van der Waals surface area contributed by atoms with Gasteiger partial charge in [-0.3, -0.25) is 10.00 Å². The third-order valence-electron chi connectivity index (χ3n) is 4.73. The predicted octanol–water partition coefficient (Wildman–Crippen LogP) is 4.10. The Balaban J connectivity index is 1.80. The number of hydrogen-bond acceptors (Lipinski definition) is 3. The highest BCUT2D eigenvalue weighted by molar-refractivity contribution is 5.58. The fourth-order valence-corrected chi connectivity index (χ4v) is 3.27. The van der Waals surface area contributed by atoms with Gasteiger partial charge in [0.15, 0.2) is 0 Å². The molecule has 0 radical (unpaired) electrons. The van der Waals surface area contributed by atoms with Crippen molar-refractivity contribution in [2.75, 3.05) is 6.61 Å². The monoisotopic (exact) mass is 349 g/mol. The number of H-pyrrole nitrogens is 1. The van der Waals surface area contributed by atoms with Crippen molar-refractivity contribution in [1.29, 1.82) is 0 Å². The Morgan fingerprint density at radius 3 is 2.23 bits per heavy atom. The van der Waals surface area contributed by atoms with Gasteiger partial charge in [-0.05, 0) is 17.5 Å². The van der Waals surface area contributed by atoms with Crippen molar-refractivity contribution in [1.82, 2.24) is 15.1 Å². The maximum atomic E-state index is 9.94. The van der Waals surface area contributed by atoms with Gasteiger partial charge >= 0.3 is 0 Å². The first kappa shape index (κ1) is 18.4. The van der Waals surface area contributed by atoms with Gasteiger partial charge in [-0.25, -0.2) is 0 Å². The van der Waals surface area contributed by atoms with Crippen LogP contribution in [0.1, 0.15) is 25.1 Å². The molecule has 1 atom stereocenters. The molecule has 2 aromatic carbocycles. The molecular weight excluding hydrogens is 322 g/mol. The molecule has 1 aromatic heterocycles. The average Bonchev–Trinajstić information content (AvgIpc) is 3.12. The number of nitrogens with zero attached hydrogens (tertiary/aromatic N) is 2. The van der Waals surface area contributed by atoms with Crippen LogP contribution in [0.5, 0.6) is 0 Å². The Morgan fingerprint density at radius 2 is 1.62 bits per heavy atom. The number of aliphatic hydroxyl groups is 1. The molecule has 4 nitrogen and oxygen atoms in total. The van der Waals surface area contributed by atoms with Gasteiger partial charge in [0.05, 0.1) is 12.3 Å². The molecule has 0 saturated heterocycles. The molecule has 0 saturated carbocycles. The Kier molecular flexibility index (Phi) is 6.21. The van der Waals surface area contributed by atoms with Gasteiger partial charge in [-0.1, -0.05) is 74.5 Å². The molecule has 0 aliphatic heterocycles. The number of nitrogens with one attached hydrogen (secondary N) is 1. The zero-order valence-corrected chi connectivity index (χ0v) is 15.5. The Bertz CT molecular complexity index is 783. The van der Waals surface area contributed by atoms with Crippen LogP contribution in [0, 0.1) is 5.92 Å². The highest BCUT2D eigenvalue weighted by Gasteiger charge is 2.22. The molecule has 0 aliphatic rings. The van der Waals surface area contributed by atoms with Crippen molar-refractivity contribution in [2.45, 2.75) is 33.0 Å². The van der Waals surface area contributed by atoms with Crippen LogP contribution in [0.2, 0.25) is 0 Å². The van der Waals surface area contributed by atoms with Gasteiger partial charge in [-0.2, -0.15) is 5.10 Å². The summed E-state index contributed by atoms with van der Waals surface area (Å²) in [6.45, 7) is 5.97. The summed E-state index contributed by atoms with van der Waals surface area (Å²) in [7, 11) is 0. The lowest BCUT2D eigenvalue weighted by molar-refractivity contribution is 0.0774. The normalized spacial score (nSPS) is 12.7. The van der Waals surface area contributed by atoms with E-state index in [1.807, 2.05) is 24.3 Å². The molecule has 3 aromatic rings. The van der Waals surface area contributed by atoms with Crippen molar-refractivity contribution >= 4 is 0 Å². The van der Waals surface area contributed by atoms with Gasteiger partial charge in [0.25, 0.3) is 0 Å². The quantitative estimate of drug-likeness (QED) is 0.644. The molecule has 1 unspecified atom stereocenters. The van der Waals surface area contributed by atoms with Crippen LogP contribution in [0.15, 0.2) is 66.7 Å². The first-order valence-electron chi connectivity index (χ1n) is 9.16. The molecule has 3 rings (SSSR count). The summed E-state index contributed by atoms with van der Waals surface area (Å²) < 4.78 is 0. The molecule has 2 N–H and O–H groups in total. The van der Waals surface area contributed by atoms with E-state index in [-0.39, 0.29) is 12.6 Å². The van der Waals surface area contributed by atoms with Crippen LogP contribution < -0.4 is 0 Å². The van der Waals surface area contributed by atoms with E-state index >= 15 is 0 Å². The molecule has 0 bridgehead atoms. The van der Waals surface area contributed by atoms with Crippen LogP contribution in [0.25, 0.3) is 11.3 Å². The molecule has 1 heterocycles. The summed E-state index contributed by atoms with van der Waals surface area (Å²) in [5.74, 6) is 0.361. The number of aliphatic hydroxyl groups excluding tert-OH is 1. The van der Waals surface area contributed by atoms with Crippen LogP contribution in [-0.4, -0.2) is 32.9 Å². The minimum absolute atomic E-state index is 0.0960. The maximum absolute atomic E-state index is 9.94. The molecule has 26 heavy (non-hydrogen) atoms. The summed E-state index contributed by atoms with van der Waals surface area (Å²) in [4.78, 5) is 2.32. The molecule has 0 fully saturated rings. The SMILES string of the molecule is CC(C)C(CO)N(Cc1ccccc1)Cc1cc(-c2ccccc2)n[nH]1. The second-order valence-electron chi connectivity index (χ2n) is 7.03. The minimum Gasteiger partial charge on any atom is -0.395 e. The lowest BCUT2D eigenvalue weighted by atomic mass is 10.0. The fourth-order valence-electron chi connectivity index (χ4n) is 3.27. The lowest BCUT2D eigenvalue weighted by Gasteiger charge is -2.33. The van der Waals surface area contributed by atoms with E-state index in [1.165, 1.54) is 5.56 Å². The van der Waals surface area contributed by atoms with Crippen LogP contribution in [-0.2, 0) is 13.1 Å². The number of rotatable bonds is 8. The number of aromatic nitrogens is 2. The summed E-state index contributed by atoms with van der Waals surface area (Å²) in [5.41, 5.74) is 4.35. The fraction of sp³-hybridized carbons (Fsp3) is 0.318. The molecule has 0 aliphatic carbocycles. The van der Waals surface area contributed by atoms with E-state index in [2.05, 4.69) is 71.4 Å². The Morgan fingerprint density at radius 1 is 0.962 bits per heavy atom. The lowest BCUT2D eigenvalue weighted by Crippen LogP contribution is -2.40. The second-order valence-corrected chi connectivity index (χ2v) is 7.03. The Labute approximate surface area is 155 Å². The van der Waals surface area contributed by atoms with Gasteiger partial charge in [0.2, 0.25) is 0 Å². The van der Waals surface area contributed by atoms with Crippen LogP contribution >= 0.6 is 0 Å². The maximum Gasteiger partial charge on any atom is 0.0924 e. The van der Waals surface area contributed by atoms with E-state index in [9.17, 15) is 5.11 Å². The minimum atomic E-state index is 0.0960. The van der Waals surface area contributed by atoms with Gasteiger partial charge in [-0.15, -0.1) is 0 Å². The van der Waals surface area contributed by atoms with Gasteiger partial charge < -0.3 is 5.11 Å². The molecule has 136 valence electrons. The molecule has 0 amide bonds. The van der Waals surface area contributed by atoms with Gasteiger partial charge in [0, 0.05) is 30.4 Å². The van der Waals surface area contributed by atoms with E-state index in [0.29, 0.717) is 5.92 Å². The van der Waals surface area contributed by atoms with E-state index in [0.717, 1.165) is 30.0 Å². The average molecular weight is 349 g/mol. The first-order chi connectivity index (χ1) is 12.7. The largest absolute Gasteiger partial charge is 0.395 e. The van der Waals surface area contributed by atoms with E-state index in [4.69, 9.17) is 0 Å².